The molecule has 1 aliphatic rings. The van der Waals surface area contributed by atoms with Gasteiger partial charge in [-0.05, 0) is 25.7 Å². The molecule has 0 bridgehead atoms. The van der Waals surface area contributed by atoms with Crippen molar-refractivity contribution >= 4 is 16.7 Å². The number of nitrogens with one attached hydrogen (secondary N) is 1. The van der Waals surface area contributed by atoms with Crippen molar-refractivity contribution in [1.29, 1.82) is 0 Å². The van der Waals surface area contributed by atoms with Crippen LogP contribution in [0.2, 0.25) is 0 Å². The van der Waals surface area contributed by atoms with Gasteiger partial charge in [0.15, 0.2) is 0 Å². The zero-order valence-electron chi connectivity index (χ0n) is 13.0. The summed E-state index contributed by atoms with van der Waals surface area (Å²) in [5.41, 5.74) is 2.40. The molecular weight excluding hydrogens is 260 g/mol. The number of piperazine rings is 1. The lowest BCUT2D eigenvalue weighted by atomic mass is 10.1. The number of hydrogen-bond donors (Lipinski definition) is 1. The van der Waals surface area contributed by atoms with E-state index in [-0.39, 0.29) is 0 Å². The highest BCUT2D eigenvalue weighted by atomic mass is 15.3. The highest BCUT2D eigenvalue weighted by Gasteiger charge is 2.18. The largest absolute Gasteiger partial charge is 0.354 e. The van der Waals surface area contributed by atoms with Crippen molar-refractivity contribution in [2.45, 2.75) is 13.5 Å². The molecule has 0 amide bonds. The Labute approximate surface area is 126 Å². The van der Waals surface area contributed by atoms with Gasteiger partial charge in [-0.15, -0.1) is 0 Å². The number of pyridine rings is 1. The van der Waals surface area contributed by atoms with Crippen LogP contribution >= 0.6 is 0 Å². The van der Waals surface area contributed by atoms with Crippen LogP contribution in [0.3, 0.4) is 0 Å². The molecule has 4 nitrogen and oxygen atoms in total. The first-order valence-corrected chi connectivity index (χ1v) is 7.81. The minimum atomic E-state index is 0.885. The average molecular weight is 284 g/mol. The van der Waals surface area contributed by atoms with Crippen molar-refractivity contribution in [2.75, 3.05) is 44.7 Å². The highest BCUT2D eigenvalue weighted by Crippen LogP contribution is 2.24. The Morgan fingerprint density at radius 3 is 2.67 bits per heavy atom. The molecule has 1 aliphatic heterocycles. The monoisotopic (exact) mass is 284 g/mol. The van der Waals surface area contributed by atoms with Crippen molar-refractivity contribution < 1.29 is 0 Å². The van der Waals surface area contributed by atoms with Gasteiger partial charge < -0.3 is 15.1 Å². The summed E-state index contributed by atoms with van der Waals surface area (Å²) in [5, 5.41) is 4.67. The van der Waals surface area contributed by atoms with Crippen LogP contribution in [0.4, 0.5) is 5.82 Å². The average Bonchev–Trinajstić information content (AvgIpc) is 2.53. The lowest BCUT2D eigenvalue weighted by Crippen LogP contribution is -2.45. The van der Waals surface area contributed by atoms with E-state index in [1.165, 1.54) is 10.9 Å². The molecule has 3 rings (SSSR count). The second-order valence-electron chi connectivity index (χ2n) is 5.73. The zero-order valence-corrected chi connectivity index (χ0v) is 13.0. The van der Waals surface area contributed by atoms with Crippen LogP contribution in [0.1, 0.15) is 12.5 Å². The van der Waals surface area contributed by atoms with Gasteiger partial charge in [0.25, 0.3) is 0 Å². The number of likely N-dealkylation sites (N-methyl/N-ethyl adjacent to an activating group) is 1. The fraction of sp³-hybridized carbons (Fsp3) is 0.471. The van der Waals surface area contributed by atoms with Gasteiger partial charge in [-0.25, -0.2) is 4.98 Å². The molecule has 1 aromatic carbocycles. The van der Waals surface area contributed by atoms with E-state index in [0.717, 1.165) is 50.6 Å². The van der Waals surface area contributed by atoms with Crippen LogP contribution < -0.4 is 10.2 Å². The Bertz CT molecular complexity index is 603. The van der Waals surface area contributed by atoms with Crippen LogP contribution in [-0.4, -0.2) is 49.7 Å². The van der Waals surface area contributed by atoms with E-state index in [0.29, 0.717) is 0 Å². The van der Waals surface area contributed by atoms with Crippen molar-refractivity contribution in [3.05, 3.63) is 35.9 Å². The van der Waals surface area contributed by atoms with E-state index in [2.05, 4.69) is 59.4 Å². The maximum Gasteiger partial charge on any atom is 0.133 e. The summed E-state index contributed by atoms with van der Waals surface area (Å²) in [6.45, 7) is 8.33. The van der Waals surface area contributed by atoms with E-state index in [1.807, 2.05) is 0 Å². The third-order valence-corrected chi connectivity index (χ3v) is 4.15. The zero-order chi connectivity index (χ0) is 14.7. The minimum Gasteiger partial charge on any atom is -0.354 e. The fourth-order valence-electron chi connectivity index (χ4n) is 2.83. The van der Waals surface area contributed by atoms with Crippen molar-refractivity contribution in [3.63, 3.8) is 0 Å². The molecule has 0 radical (unpaired) electrons. The molecule has 0 aliphatic carbocycles. The van der Waals surface area contributed by atoms with Gasteiger partial charge >= 0.3 is 0 Å². The lowest BCUT2D eigenvalue weighted by molar-refractivity contribution is 0.312. The van der Waals surface area contributed by atoms with E-state index < -0.39 is 0 Å². The predicted molar refractivity (Wildman–Crippen MR) is 88.8 cm³/mol. The first-order valence-electron chi connectivity index (χ1n) is 7.81. The van der Waals surface area contributed by atoms with Crippen LogP contribution in [0.5, 0.6) is 0 Å². The topological polar surface area (TPSA) is 31.4 Å². The summed E-state index contributed by atoms with van der Waals surface area (Å²) in [4.78, 5) is 9.75. The fourth-order valence-corrected chi connectivity index (χ4v) is 2.83. The van der Waals surface area contributed by atoms with Crippen molar-refractivity contribution in [1.82, 2.24) is 15.2 Å². The third-order valence-electron chi connectivity index (χ3n) is 4.15. The number of nitrogens with zero attached hydrogens (tertiary/aromatic N) is 3. The van der Waals surface area contributed by atoms with Gasteiger partial charge in [0.05, 0.1) is 5.52 Å². The number of anilines is 1. The molecule has 4 heteroatoms. The van der Waals surface area contributed by atoms with Gasteiger partial charge in [0.2, 0.25) is 0 Å². The van der Waals surface area contributed by atoms with Crippen molar-refractivity contribution in [2.24, 2.45) is 0 Å². The quantitative estimate of drug-likeness (QED) is 0.931. The van der Waals surface area contributed by atoms with Crippen LogP contribution in [-0.2, 0) is 6.54 Å². The molecule has 0 saturated carbocycles. The Morgan fingerprint density at radius 2 is 1.90 bits per heavy atom. The van der Waals surface area contributed by atoms with Crippen molar-refractivity contribution in [3.8, 4) is 0 Å². The smallest absolute Gasteiger partial charge is 0.133 e. The second-order valence-corrected chi connectivity index (χ2v) is 5.73. The standard InChI is InChI=1S/C17H24N4/c1-3-18-13-15-12-14-6-4-5-7-16(14)19-17(15)21-10-8-20(2)9-11-21/h4-7,12,18H,3,8-11,13H2,1-2H3. The van der Waals surface area contributed by atoms with E-state index >= 15 is 0 Å². The summed E-state index contributed by atoms with van der Waals surface area (Å²) in [5.74, 6) is 1.16. The highest BCUT2D eigenvalue weighted by molar-refractivity contribution is 5.81. The molecule has 0 spiro atoms. The van der Waals surface area contributed by atoms with Gasteiger partial charge in [-0.1, -0.05) is 25.1 Å². The Morgan fingerprint density at radius 1 is 1.14 bits per heavy atom. The molecule has 1 N–H and O–H groups in total. The minimum absolute atomic E-state index is 0.885. The van der Waals surface area contributed by atoms with Gasteiger partial charge in [0.1, 0.15) is 5.82 Å². The first-order chi connectivity index (χ1) is 10.3. The van der Waals surface area contributed by atoms with E-state index in [4.69, 9.17) is 4.98 Å². The molecule has 1 aromatic heterocycles. The number of benzene rings is 1. The van der Waals surface area contributed by atoms with Crippen LogP contribution in [0.15, 0.2) is 30.3 Å². The maximum absolute atomic E-state index is 4.94. The number of para-hydroxylation sites is 1. The predicted octanol–water partition coefficient (Wildman–Crippen LogP) is 2.10. The summed E-state index contributed by atoms with van der Waals surface area (Å²) in [7, 11) is 2.19. The summed E-state index contributed by atoms with van der Waals surface area (Å²) >= 11 is 0. The summed E-state index contributed by atoms with van der Waals surface area (Å²) in [6, 6.07) is 10.7. The molecule has 1 fully saturated rings. The number of hydrogen-bond acceptors (Lipinski definition) is 4. The Kier molecular flexibility index (Phi) is 4.36. The van der Waals surface area contributed by atoms with Gasteiger partial charge in [-0.3, -0.25) is 0 Å². The first kappa shape index (κ1) is 14.3. The van der Waals surface area contributed by atoms with Gasteiger partial charge in [-0.2, -0.15) is 0 Å². The molecule has 21 heavy (non-hydrogen) atoms. The molecule has 0 atom stereocenters. The van der Waals surface area contributed by atoms with Crippen LogP contribution in [0, 0.1) is 0 Å². The summed E-state index contributed by atoms with van der Waals surface area (Å²) < 4.78 is 0. The molecule has 1 saturated heterocycles. The number of rotatable bonds is 4. The summed E-state index contributed by atoms with van der Waals surface area (Å²) in [6.07, 6.45) is 0. The number of fused-ring (bicyclic) bond motifs is 1. The third kappa shape index (κ3) is 3.17. The van der Waals surface area contributed by atoms with Crippen LogP contribution in [0.25, 0.3) is 10.9 Å². The Hall–Kier alpha value is -1.65. The molecule has 2 heterocycles. The molecule has 0 unspecified atom stereocenters. The van der Waals surface area contributed by atoms with E-state index in [9.17, 15) is 0 Å². The Balaban J connectivity index is 1.97. The van der Waals surface area contributed by atoms with E-state index in [1.54, 1.807) is 0 Å². The lowest BCUT2D eigenvalue weighted by Gasteiger charge is -2.34. The molecular formula is C17H24N4. The normalized spacial score (nSPS) is 16.6. The molecule has 2 aromatic rings. The van der Waals surface area contributed by atoms with Gasteiger partial charge in [0, 0.05) is 43.7 Å². The molecule has 112 valence electrons. The number of aromatic nitrogens is 1. The SMILES string of the molecule is CCNCc1cc2ccccc2nc1N1CCN(C)CC1. The maximum atomic E-state index is 4.94. The second kappa shape index (κ2) is 6.41.